The standard InChI is InChI=1S/C42H56F4N6O10S/c1-23(2)32-35(48-30-17-27(60-7)12-13-29(30)47-32)61-28-18-31-34(53)50-41(37(55)51-63(57,58)40(22-43)14-15-40)19-26(41)11-9-8-10-24(3)16-25(21-59-6)33(36(54)52(31)20-28)49-38(56)62-39(4,5)42(44,45)46/h9,11-13,17,23-26,28,31,33H,8,10,14-16,18-22H2,1-7H3,(H,49,56)(H,50,53)(H,51,55)/b11-9-/t24-,25-,26-,28+,31-,33-,41-/m0/s1. The number of benzene rings is 1. The number of sulfonamides is 1. The van der Waals surface area contributed by atoms with Gasteiger partial charge >= 0.3 is 12.3 Å². The van der Waals surface area contributed by atoms with Crippen molar-refractivity contribution in [1.29, 1.82) is 0 Å². The van der Waals surface area contributed by atoms with Gasteiger partial charge in [-0.2, -0.15) is 13.2 Å². The summed E-state index contributed by atoms with van der Waals surface area (Å²) < 4.78 is 105. The maximum atomic E-state index is 15.1. The van der Waals surface area contributed by atoms with E-state index in [1.165, 1.54) is 14.2 Å². The summed E-state index contributed by atoms with van der Waals surface area (Å²) in [7, 11) is -1.63. The Bertz CT molecular complexity index is 2220. The van der Waals surface area contributed by atoms with Crippen LogP contribution in [-0.2, 0) is 33.9 Å². The number of alkyl carbamates (subject to hydrolysis) is 1. The molecule has 3 fully saturated rings. The zero-order valence-electron chi connectivity index (χ0n) is 36.3. The van der Waals surface area contributed by atoms with Crippen LogP contribution >= 0.6 is 0 Å². The summed E-state index contributed by atoms with van der Waals surface area (Å²) in [6.45, 7) is 5.33. The molecule has 2 saturated carbocycles. The van der Waals surface area contributed by atoms with Gasteiger partial charge in [0.15, 0.2) is 0 Å². The molecule has 2 aliphatic carbocycles. The molecule has 6 rings (SSSR count). The average molecular weight is 913 g/mol. The highest BCUT2D eigenvalue weighted by Gasteiger charge is 2.64. The molecule has 0 bridgehead atoms. The van der Waals surface area contributed by atoms with Gasteiger partial charge in [-0.15, -0.1) is 0 Å². The first-order chi connectivity index (χ1) is 29.5. The van der Waals surface area contributed by atoms with Gasteiger partial charge in [-0.25, -0.2) is 27.6 Å². The van der Waals surface area contributed by atoms with Crippen molar-refractivity contribution < 1.29 is 64.1 Å². The van der Waals surface area contributed by atoms with E-state index < -0.39 is 92.6 Å². The smallest absolute Gasteiger partial charge is 0.427 e. The first-order valence-corrected chi connectivity index (χ1v) is 22.5. The first kappa shape index (κ1) is 47.7. The van der Waals surface area contributed by atoms with Gasteiger partial charge in [0.2, 0.25) is 33.3 Å². The molecule has 3 heterocycles. The predicted octanol–water partition coefficient (Wildman–Crippen LogP) is 5.01. The zero-order chi connectivity index (χ0) is 46.3. The Kier molecular flexibility index (Phi) is 13.6. The number of hydrogen-bond donors (Lipinski definition) is 3. The summed E-state index contributed by atoms with van der Waals surface area (Å²) >= 11 is 0. The van der Waals surface area contributed by atoms with E-state index in [-0.39, 0.29) is 63.0 Å². The van der Waals surface area contributed by atoms with E-state index in [1.807, 2.05) is 25.5 Å². The number of allylic oxidation sites excluding steroid dienone is 1. The lowest BCUT2D eigenvalue weighted by Crippen LogP contribution is -2.60. The Balaban J connectivity index is 1.40. The maximum Gasteiger partial charge on any atom is 0.427 e. The van der Waals surface area contributed by atoms with Crippen LogP contribution in [0.1, 0.15) is 91.2 Å². The molecule has 1 aromatic carbocycles. The largest absolute Gasteiger partial charge is 0.497 e. The van der Waals surface area contributed by atoms with Crippen molar-refractivity contribution in [3.05, 3.63) is 36.0 Å². The molecule has 4 aliphatic rings. The van der Waals surface area contributed by atoms with Crippen LogP contribution < -0.4 is 24.8 Å². The highest BCUT2D eigenvalue weighted by atomic mass is 32.2. The number of fused-ring (bicyclic) bond motifs is 3. The quantitative estimate of drug-likeness (QED) is 0.190. The fourth-order valence-corrected chi connectivity index (χ4v) is 9.60. The van der Waals surface area contributed by atoms with Crippen LogP contribution in [0.2, 0.25) is 0 Å². The van der Waals surface area contributed by atoms with E-state index in [9.17, 15) is 40.4 Å². The molecule has 0 spiro atoms. The molecule has 4 amide bonds. The summed E-state index contributed by atoms with van der Waals surface area (Å²) in [5, 5.41) is 5.10. The van der Waals surface area contributed by atoms with Gasteiger partial charge < -0.3 is 34.5 Å². The number of carbonyl (C=O) groups is 4. The van der Waals surface area contributed by atoms with Gasteiger partial charge in [0, 0.05) is 37.4 Å². The number of alkyl halides is 4. The molecule has 0 unspecified atom stereocenters. The molecule has 2 aliphatic heterocycles. The fraction of sp³-hybridized carbons (Fsp3) is 0.667. The van der Waals surface area contributed by atoms with Crippen LogP contribution in [0.4, 0.5) is 22.4 Å². The number of rotatable bonds is 12. The van der Waals surface area contributed by atoms with Crippen molar-refractivity contribution in [2.75, 3.05) is 34.0 Å². The molecule has 63 heavy (non-hydrogen) atoms. The van der Waals surface area contributed by atoms with Gasteiger partial charge in [0.05, 0.1) is 31.3 Å². The number of hydrogen-bond acceptors (Lipinski definition) is 12. The molecule has 3 N–H and O–H groups in total. The van der Waals surface area contributed by atoms with E-state index >= 15 is 4.79 Å². The Morgan fingerprint density at radius 1 is 1.08 bits per heavy atom. The van der Waals surface area contributed by atoms with Gasteiger partial charge in [-0.1, -0.05) is 32.9 Å². The van der Waals surface area contributed by atoms with Crippen molar-refractivity contribution >= 4 is 44.9 Å². The van der Waals surface area contributed by atoms with Crippen molar-refractivity contribution in [3.8, 4) is 11.6 Å². The minimum absolute atomic E-state index is 0.00974. The van der Waals surface area contributed by atoms with E-state index in [0.717, 1.165) is 4.90 Å². The Morgan fingerprint density at radius 3 is 2.41 bits per heavy atom. The third kappa shape index (κ3) is 9.98. The molecule has 21 heteroatoms. The molecule has 348 valence electrons. The van der Waals surface area contributed by atoms with Crippen LogP contribution in [0.25, 0.3) is 11.0 Å². The number of ether oxygens (including phenoxy) is 4. The monoisotopic (exact) mass is 912 g/mol. The Labute approximate surface area is 363 Å². The number of methoxy groups -OCH3 is 2. The molecule has 16 nitrogen and oxygen atoms in total. The van der Waals surface area contributed by atoms with Crippen molar-refractivity contribution in [1.82, 2.24) is 30.2 Å². The molecule has 1 aromatic heterocycles. The van der Waals surface area contributed by atoms with Crippen LogP contribution in [-0.4, -0.2) is 121 Å². The number of nitrogens with one attached hydrogen (secondary N) is 3. The molecule has 2 aromatic rings. The minimum Gasteiger partial charge on any atom is -0.497 e. The minimum atomic E-state index is -4.97. The summed E-state index contributed by atoms with van der Waals surface area (Å²) in [5.41, 5.74) is -3.32. The molecule has 7 atom stereocenters. The SMILES string of the molecule is COC[C@@H]1C[C@@H](C)CC/C=C\[C@H]2C[C@]2(C(=O)NS(=O)(=O)C2(CF)CC2)NC(=O)[C@@H]2C[C@@H](Oc3nc4cc(OC)ccc4nc3C(C)C)CN2C(=O)[C@H]1NC(=O)OC(C)(C)C(F)(F)F. The van der Waals surface area contributed by atoms with Gasteiger partial charge in [0.25, 0.3) is 5.91 Å². The number of aromatic nitrogens is 2. The van der Waals surface area contributed by atoms with Crippen LogP contribution in [0.5, 0.6) is 11.6 Å². The third-order valence-electron chi connectivity index (χ3n) is 12.5. The molecule has 0 radical (unpaired) electrons. The normalized spacial score (nSPS) is 28.2. The number of carbonyl (C=O) groups excluding carboxylic acids is 4. The number of halogens is 4. The topological polar surface area (TPSA) is 204 Å². The number of amides is 4. The average Bonchev–Trinajstić information content (AvgIpc) is 4.11. The van der Waals surface area contributed by atoms with Crippen molar-refractivity contribution in [3.63, 3.8) is 0 Å². The van der Waals surface area contributed by atoms with Gasteiger partial charge in [-0.05, 0) is 70.4 Å². The Hall–Kier alpha value is -4.79. The molecule has 1 saturated heterocycles. The lowest BCUT2D eigenvalue weighted by molar-refractivity contribution is -0.244. The molecular weight excluding hydrogens is 857 g/mol. The third-order valence-corrected chi connectivity index (χ3v) is 14.6. The highest BCUT2D eigenvalue weighted by Crippen LogP contribution is 2.48. The van der Waals surface area contributed by atoms with Crippen LogP contribution in [0.15, 0.2) is 30.4 Å². The highest BCUT2D eigenvalue weighted by molar-refractivity contribution is 7.91. The van der Waals surface area contributed by atoms with E-state index in [1.54, 1.807) is 30.4 Å². The van der Waals surface area contributed by atoms with Crippen LogP contribution in [0, 0.1) is 17.8 Å². The number of nitrogens with zero attached hydrogens (tertiary/aromatic N) is 3. The lowest BCUT2D eigenvalue weighted by Gasteiger charge is -2.35. The van der Waals surface area contributed by atoms with Gasteiger partial charge in [-0.3, -0.25) is 19.1 Å². The lowest BCUT2D eigenvalue weighted by atomic mass is 9.87. The van der Waals surface area contributed by atoms with E-state index in [2.05, 4.69) is 10.6 Å². The van der Waals surface area contributed by atoms with E-state index in [0.29, 0.717) is 49.2 Å². The summed E-state index contributed by atoms with van der Waals surface area (Å²) in [6.07, 6.45) is -2.96. The maximum absolute atomic E-state index is 15.1. The predicted molar refractivity (Wildman–Crippen MR) is 220 cm³/mol. The zero-order valence-corrected chi connectivity index (χ0v) is 37.2. The van der Waals surface area contributed by atoms with Crippen molar-refractivity contribution in [2.45, 2.75) is 126 Å². The van der Waals surface area contributed by atoms with Gasteiger partial charge in [0.1, 0.15) is 46.6 Å². The second-order valence-electron chi connectivity index (χ2n) is 18.0. The molecular formula is C42H56F4N6O10S. The van der Waals surface area contributed by atoms with E-state index in [4.69, 9.17) is 28.9 Å². The Morgan fingerprint density at radius 2 is 1.79 bits per heavy atom. The summed E-state index contributed by atoms with van der Waals surface area (Å²) in [5.74, 6) is -4.11. The van der Waals surface area contributed by atoms with Crippen molar-refractivity contribution in [2.24, 2.45) is 17.8 Å². The fourth-order valence-electron chi connectivity index (χ4n) is 8.17. The first-order valence-electron chi connectivity index (χ1n) is 21.0. The second-order valence-corrected chi connectivity index (χ2v) is 20.1. The second kappa shape index (κ2) is 18.0. The van der Waals surface area contributed by atoms with Crippen LogP contribution in [0.3, 0.4) is 0 Å². The summed E-state index contributed by atoms with van der Waals surface area (Å²) in [4.78, 5) is 67.7. The summed E-state index contributed by atoms with van der Waals surface area (Å²) in [6, 6.07) is 2.08.